The third kappa shape index (κ3) is 4.19. The van der Waals surface area contributed by atoms with Crippen molar-refractivity contribution in [2.24, 2.45) is 5.73 Å². The summed E-state index contributed by atoms with van der Waals surface area (Å²) in [6.45, 7) is 4.02. The van der Waals surface area contributed by atoms with Crippen molar-refractivity contribution in [1.29, 1.82) is 0 Å². The van der Waals surface area contributed by atoms with Gasteiger partial charge in [0.25, 0.3) is 0 Å². The number of ether oxygens (including phenoxy) is 2. The zero-order chi connectivity index (χ0) is 15.3. The highest BCUT2D eigenvalue weighted by Crippen LogP contribution is 2.25. The third-order valence-corrected chi connectivity index (χ3v) is 3.84. The molecule has 1 aliphatic heterocycles. The number of nitrogens with zero attached hydrogens (tertiary/aromatic N) is 1. The molecule has 1 amide bonds. The molecular formula is C16H24N2O3. The summed E-state index contributed by atoms with van der Waals surface area (Å²) in [6, 6.07) is 7.80. The second kappa shape index (κ2) is 6.91. The Morgan fingerprint density at radius 1 is 1.48 bits per heavy atom. The van der Waals surface area contributed by atoms with Crippen molar-refractivity contribution in [3.05, 3.63) is 29.8 Å². The minimum Gasteiger partial charge on any atom is -0.497 e. The van der Waals surface area contributed by atoms with E-state index in [0.717, 1.165) is 24.2 Å². The lowest BCUT2D eigenvalue weighted by Crippen LogP contribution is -2.52. The largest absolute Gasteiger partial charge is 0.497 e. The number of carbonyl (C=O) groups excluding carboxylic acids is 1. The first-order chi connectivity index (χ1) is 10.1. The molecule has 1 aromatic rings. The molecule has 0 aromatic heterocycles. The van der Waals surface area contributed by atoms with Crippen LogP contribution in [0.1, 0.15) is 25.3 Å². The lowest BCUT2D eigenvalue weighted by molar-refractivity contribution is -0.163. The van der Waals surface area contributed by atoms with E-state index in [-0.39, 0.29) is 18.1 Å². The molecule has 1 fully saturated rings. The average Bonchev–Trinajstić information content (AvgIpc) is 2.49. The number of nitrogens with two attached hydrogens (primary N) is 1. The Kier molecular flexibility index (Phi) is 5.20. The Labute approximate surface area is 126 Å². The van der Waals surface area contributed by atoms with Crippen LogP contribution in [0.25, 0.3) is 0 Å². The monoisotopic (exact) mass is 292 g/mol. The summed E-state index contributed by atoms with van der Waals surface area (Å²) in [5, 5.41) is 0. The fourth-order valence-electron chi connectivity index (χ4n) is 2.63. The molecule has 0 aliphatic carbocycles. The number of hydrogen-bond donors (Lipinski definition) is 1. The highest BCUT2D eigenvalue weighted by molar-refractivity contribution is 5.78. The Bertz CT molecular complexity index is 492. The van der Waals surface area contributed by atoms with Crippen molar-refractivity contribution in [2.75, 3.05) is 26.8 Å². The maximum atomic E-state index is 12.1. The molecule has 1 saturated heterocycles. The third-order valence-electron chi connectivity index (χ3n) is 3.84. The van der Waals surface area contributed by atoms with Gasteiger partial charge in [-0.25, -0.2) is 0 Å². The first kappa shape index (κ1) is 15.8. The smallest absolute Gasteiger partial charge is 0.248 e. The van der Waals surface area contributed by atoms with Gasteiger partial charge in [0, 0.05) is 13.1 Å². The zero-order valence-corrected chi connectivity index (χ0v) is 12.8. The Morgan fingerprint density at radius 3 is 3.00 bits per heavy atom. The van der Waals surface area contributed by atoms with Gasteiger partial charge in [-0.1, -0.05) is 12.1 Å². The summed E-state index contributed by atoms with van der Waals surface area (Å²) in [5.41, 5.74) is 6.33. The van der Waals surface area contributed by atoms with Crippen LogP contribution in [0.3, 0.4) is 0 Å². The molecule has 1 atom stereocenters. The highest BCUT2D eigenvalue weighted by Gasteiger charge is 2.35. The van der Waals surface area contributed by atoms with E-state index in [2.05, 4.69) is 0 Å². The summed E-state index contributed by atoms with van der Waals surface area (Å²) >= 11 is 0. The van der Waals surface area contributed by atoms with Crippen LogP contribution in [0.5, 0.6) is 5.75 Å². The quantitative estimate of drug-likeness (QED) is 0.864. The predicted molar refractivity (Wildman–Crippen MR) is 81.1 cm³/mol. The van der Waals surface area contributed by atoms with E-state index >= 15 is 0 Å². The van der Waals surface area contributed by atoms with Gasteiger partial charge < -0.3 is 20.1 Å². The van der Waals surface area contributed by atoms with Crippen molar-refractivity contribution in [3.8, 4) is 5.75 Å². The fraction of sp³-hybridized carbons (Fsp3) is 0.562. The molecule has 5 heteroatoms. The van der Waals surface area contributed by atoms with E-state index in [1.165, 1.54) is 0 Å². The molecule has 1 aliphatic rings. The van der Waals surface area contributed by atoms with Crippen LogP contribution in [0.4, 0.5) is 0 Å². The second-order valence-corrected chi connectivity index (χ2v) is 5.73. The normalized spacial score (nSPS) is 22.4. The molecule has 1 heterocycles. The fourth-order valence-corrected chi connectivity index (χ4v) is 2.63. The first-order valence-electron chi connectivity index (χ1n) is 7.31. The van der Waals surface area contributed by atoms with Crippen LogP contribution in [-0.4, -0.2) is 43.2 Å². The number of carbonyl (C=O) groups is 1. The molecule has 0 spiro atoms. The van der Waals surface area contributed by atoms with Crippen LogP contribution in [0.2, 0.25) is 0 Å². The summed E-state index contributed by atoms with van der Waals surface area (Å²) in [5.74, 6) is 0.835. The van der Waals surface area contributed by atoms with Gasteiger partial charge in [0.2, 0.25) is 5.91 Å². The number of amides is 1. The summed E-state index contributed by atoms with van der Waals surface area (Å²) in [4.78, 5) is 13.9. The van der Waals surface area contributed by atoms with Gasteiger partial charge >= 0.3 is 0 Å². The van der Waals surface area contributed by atoms with Crippen molar-refractivity contribution in [1.82, 2.24) is 4.90 Å². The zero-order valence-electron chi connectivity index (χ0n) is 12.8. The molecule has 1 aromatic carbocycles. The van der Waals surface area contributed by atoms with Crippen LogP contribution < -0.4 is 10.5 Å². The number of rotatable bonds is 6. The first-order valence-corrected chi connectivity index (χ1v) is 7.31. The van der Waals surface area contributed by atoms with Gasteiger partial charge in [-0.2, -0.15) is 0 Å². The summed E-state index contributed by atoms with van der Waals surface area (Å²) in [7, 11) is 1.64. The van der Waals surface area contributed by atoms with Crippen LogP contribution in [-0.2, 0) is 16.1 Å². The van der Waals surface area contributed by atoms with Gasteiger partial charge in [0.1, 0.15) is 12.4 Å². The maximum absolute atomic E-state index is 12.1. The van der Waals surface area contributed by atoms with E-state index in [4.69, 9.17) is 15.2 Å². The molecule has 2 rings (SSSR count). The Morgan fingerprint density at radius 2 is 2.29 bits per heavy atom. The van der Waals surface area contributed by atoms with Gasteiger partial charge in [-0.15, -0.1) is 0 Å². The summed E-state index contributed by atoms with van der Waals surface area (Å²) < 4.78 is 10.9. The summed E-state index contributed by atoms with van der Waals surface area (Å²) in [6.07, 6.45) is 1.77. The molecule has 21 heavy (non-hydrogen) atoms. The van der Waals surface area contributed by atoms with E-state index in [9.17, 15) is 4.79 Å². The minimum atomic E-state index is -0.299. The van der Waals surface area contributed by atoms with Gasteiger partial charge in [0.15, 0.2) is 0 Å². The van der Waals surface area contributed by atoms with Gasteiger partial charge in [-0.05, 0) is 44.0 Å². The molecule has 1 unspecified atom stereocenters. The van der Waals surface area contributed by atoms with Crippen molar-refractivity contribution in [3.63, 3.8) is 0 Å². The standard InChI is InChI=1S/C16H24N2O3/c1-16(7-4-8-17)12-18(15(19)11-21-16)10-13-5-3-6-14(9-13)20-2/h3,5-6,9H,4,7-8,10-12,17H2,1-2H3. The highest BCUT2D eigenvalue weighted by atomic mass is 16.5. The lowest BCUT2D eigenvalue weighted by atomic mass is 9.97. The number of morpholine rings is 1. The lowest BCUT2D eigenvalue weighted by Gasteiger charge is -2.40. The van der Waals surface area contributed by atoms with Crippen molar-refractivity contribution in [2.45, 2.75) is 31.9 Å². The van der Waals surface area contributed by atoms with E-state index < -0.39 is 0 Å². The molecule has 0 radical (unpaired) electrons. The molecule has 0 bridgehead atoms. The number of benzene rings is 1. The molecule has 116 valence electrons. The van der Waals surface area contributed by atoms with Gasteiger partial charge in [0.05, 0.1) is 12.7 Å². The molecular weight excluding hydrogens is 268 g/mol. The molecule has 2 N–H and O–H groups in total. The number of methoxy groups -OCH3 is 1. The molecule has 0 saturated carbocycles. The van der Waals surface area contributed by atoms with E-state index in [1.807, 2.05) is 36.1 Å². The van der Waals surface area contributed by atoms with E-state index in [0.29, 0.717) is 19.6 Å². The van der Waals surface area contributed by atoms with E-state index in [1.54, 1.807) is 7.11 Å². The SMILES string of the molecule is COc1cccc(CN2CC(C)(CCCN)OCC2=O)c1. The van der Waals surface area contributed by atoms with Crippen molar-refractivity contribution >= 4 is 5.91 Å². The second-order valence-electron chi connectivity index (χ2n) is 5.73. The maximum Gasteiger partial charge on any atom is 0.248 e. The number of hydrogen-bond acceptors (Lipinski definition) is 4. The van der Waals surface area contributed by atoms with Crippen molar-refractivity contribution < 1.29 is 14.3 Å². The van der Waals surface area contributed by atoms with Crippen LogP contribution in [0.15, 0.2) is 24.3 Å². The Balaban J connectivity index is 2.04. The average molecular weight is 292 g/mol. The van der Waals surface area contributed by atoms with Crippen LogP contribution in [0, 0.1) is 0 Å². The topological polar surface area (TPSA) is 64.8 Å². The minimum absolute atomic E-state index is 0.0306. The Hall–Kier alpha value is -1.59. The predicted octanol–water partition coefficient (Wildman–Crippen LogP) is 1.55. The van der Waals surface area contributed by atoms with Gasteiger partial charge in [-0.3, -0.25) is 4.79 Å². The van der Waals surface area contributed by atoms with Crippen LogP contribution >= 0.6 is 0 Å². The molecule has 5 nitrogen and oxygen atoms in total.